The zero-order chi connectivity index (χ0) is 13.9. The highest BCUT2D eigenvalue weighted by molar-refractivity contribution is 8.00. The van der Waals surface area contributed by atoms with Crippen LogP contribution < -0.4 is 11.3 Å². The summed E-state index contributed by atoms with van der Waals surface area (Å²) in [6.07, 6.45) is 1.57. The second kappa shape index (κ2) is 5.90. The molecule has 0 aliphatic carbocycles. The van der Waals surface area contributed by atoms with Gasteiger partial charge in [-0.3, -0.25) is 20.1 Å². The van der Waals surface area contributed by atoms with Crippen LogP contribution in [-0.2, 0) is 6.54 Å². The fourth-order valence-corrected chi connectivity index (χ4v) is 3.39. The first-order valence-corrected chi connectivity index (χ1v) is 7.31. The average Bonchev–Trinajstić information content (AvgIpc) is 2.37. The van der Waals surface area contributed by atoms with Gasteiger partial charge in [-0.15, -0.1) is 0 Å². The molecule has 1 aliphatic heterocycles. The monoisotopic (exact) mass is 280 g/mol. The van der Waals surface area contributed by atoms with E-state index < -0.39 is 0 Å². The Balaban J connectivity index is 1.98. The van der Waals surface area contributed by atoms with E-state index in [0.717, 1.165) is 31.1 Å². The maximum atomic E-state index is 11.3. The Kier molecular flexibility index (Phi) is 4.44. The molecule has 0 saturated carbocycles. The average molecular weight is 280 g/mol. The van der Waals surface area contributed by atoms with Crippen LogP contribution in [0.4, 0.5) is 0 Å². The van der Waals surface area contributed by atoms with E-state index >= 15 is 0 Å². The van der Waals surface area contributed by atoms with Gasteiger partial charge in [-0.25, -0.2) is 5.84 Å². The van der Waals surface area contributed by atoms with Crippen molar-refractivity contribution in [2.24, 2.45) is 5.84 Å². The first-order valence-electron chi connectivity index (χ1n) is 6.32. The number of carbonyl (C=O) groups is 1. The van der Waals surface area contributed by atoms with Crippen LogP contribution in [0.1, 0.15) is 29.9 Å². The molecule has 3 N–H and O–H groups in total. The number of hydrogen-bond acceptors (Lipinski definition) is 5. The fourth-order valence-electron chi connectivity index (χ4n) is 2.21. The number of amides is 1. The smallest absolute Gasteiger partial charge is 0.266 e. The quantitative estimate of drug-likeness (QED) is 0.491. The van der Waals surface area contributed by atoms with Gasteiger partial charge in [0, 0.05) is 36.3 Å². The molecule has 1 aliphatic rings. The highest BCUT2D eigenvalue weighted by atomic mass is 32.2. The molecule has 0 radical (unpaired) electrons. The van der Waals surface area contributed by atoms with Crippen molar-refractivity contribution in [2.45, 2.75) is 25.1 Å². The van der Waals surface area contributed by atoms with Gasteiger partial charge in [-0.1, -0.05) is 0 Å². The number of thioether (sulfide) groups is 1. The standard InChI is InChI=1S/C13H20N4OS/c1-13(2)9-17(5-6-19-13)8-11-4-3-10(7-15-11)12(18)16-14/h3-4,7H,5-6,8-9,14H2,1-2H3,(H,16,18). The van der Waals surface area contributed by atoms with Crippen LogP contribution in [0.3, 0.4) is 0 Å². The Morgan fingerprint density at radius 2 is 2.37 bits per heavy atom. The molecule has 0 atom stereocenters. The topological polar surface area (TPSA) is 71.2 Å². The lowest BCUT2D eigenvalue weighted by Gasteiger charge is -2.37. The van der Waals surface area contributed by atoms with Crippen molar-refractivity contribution in [2.75, 3.05) is 18.8 Å². The molecule has 6 heteroatoms. The summed E-state index contributed by atoms with van der Waals surface area (Å²) >= 11 is 2.02. The third-order valence-corrected chi connectivity index (χ3v) is 4.41. The first kappa shape index (κ1) is 14.3. The Bertz CT molecular complexity index is 446. The summed E-state index contributed by atoms with van der Waals surface area (Å²) < 4.78 is 0.303. The Morgan fingerprint density at radius 1 is 1.58 bits per heavy atom. The van der Waals surface area contributed by atoms with E-state index in [1.807, 2.05) is 17.8 Å². The summed E-state index contributed by atoms with van der Waals surface area (Å²) in [6, 6.07) is 3.65. The molecule has 0 spiro atoms. The molecule has 0 aromatic carbocycles. The summed E-state index contributed by atoms with van der Waals surface area (Å²) in [5.41, 5.74) is 3.57. The lowest BCUT2D eigenvalue weighted by atomic mass is 10.1. The second-order valence-electron chi connectivity index (χ2n) is 5.33. The van der Waals surface area contributed by atoms with Gasteiger partial charge in [-0.2, -0.15) is 11.8 Å². The van der Waals surface area contributed by atoms with Gasteiger partial charge < -0.3 is 0 Å². The fraction of sp³-hybridized carbons (Fsp3) is 0.538. The van der Waals surface area contributed by atoms with Crippen molar-refractivity contribution in [3.63, 3.8) is 0 Å². The van der Waals surface area contributed by atoms with Gasteiger partial charge in [0.15, 0.2) is 0 Å². The van der Waals surface area contributed by atoms with Gasteiger partial charge in [0.25, 0.3) is 5.91 Å². The number of aromatic nitrogens is 1. The molecule has 19 heavy (non-hydrogen) atoms. The SMILES string of the molecule is CC1(C)CN(Cc2ccc(C(=O)NN)cn2)CCS1. The van der Waals surface area contributed by atoms with E-state index in [9.17, 15) is 4.79 Å². The molecule has 104 valence electrons. The molecule has 1 aromatic heterocycles. The maximum Gasteiger partial charge on any atom is 0.266 e. The normalized spacial score (nSPS) is 19.1. The number of hydrazine groups is 1. The van der Waals surface area contributed by atoms with E-state index in [4.69, 9.17) is 5.84 Å². The summed E-state index contributed by atoms with van der Waals surface area (Å²) in [5.74, 6) is 5.93. The zero-order valence-electron chi connectivity index (χ0n) is 11.3. The van der Waals surface area contributed by atoms with Crippen LogP contribution in [0, 0.1) is 0 Å². The van der Waals surface area contributed by atoms with Crippen molar-refractivity contribution in [1.29, 1.82) is 0 Å². The zero-order valence-corrected chi connectivity index (χ0v) is 12.2. The predicted octanol–water partition coefficient (Wildman–Crippen LogP) is 1.01. The number of nitrogen functional groups attached to an aromatic ring is 1. The molecule has 1 saturated heterocycles. The highest BCUT2D eigenvalue weighted by Crippen LogP contribution is 2.29. The van der Waals surface area contributed by atoms with E-state index in [-0.39, 0.29) is 5.91 Å². The molecule has 1 aromatic rings. The van der Waals surface area contributed by atoms with Crippen LogP contribution in [0.5, 0.6) is 0 Å². The molecule has 0 unspecified atom stereocenters. The van der Waals surface area contributed by atoms with Crippen LogP contribution in [0.15, 0.2) is 18.3 Å². The van der Waals surface area contributed by atoms with Crippen LogP contribution in [-0.4, -0.2) is 39.4 Å². The summed E-state index contributed by atoms with van der Waals surface area (Å²) in [4.78, 5) is 18.0. The lowest BCUT2D eigenvalue weighted by Crippen LogP contribution is -2.42. The maximum absolute atomic E-state index is 11.3. The third-order valence-electron chi connectivity index (χ3n) is 3.11. The minimum absolute atomic E-state index is 0.303. The van der Waals surface area contributed by atoms with Gasteiger partial charge in [0.1, 0.15) is 0 Å². The molecule has 0 bridgehead atoms. The Hall–Kier alpha value is -1.11. The van der Waals surface area contributed by atoms with Gasteiger partial charge in [0.05, 0.1) is 11.3 Å². The molecule has 1 amide bonds. The number of nitrogens with zero attached hydrogens (tertiary/aromatic N) is 2. The van der Waals surface area contributed by atoms with Gasteiger partial charge in [0.2, 0.25) is 0 Å². The molecule has 5 nitrogen and oxygen atoms in total. The molecular weight excluding hydrogens is 260 g/mol. The lowest BCUT2D eigenvalue weighted by molar-refractivity contribution is 0.0953. The van der Waals surface area contributed by atoms with Crippen LogP contribution >= 0.6 is 11.8 Å². The minimum atomic E-state index is -0.311. The Morgan fingerprint density at radius 3 is 2.95 bits per heavy atom. The number of nitrogens with two attached hydrogens (primary N) is 1. The largest absolute Gasteiger partial charge is 0.295 e. The summed E-state index contributed by atoms with van der Waals surface area (Å²) in [6.45, 7) is 7.51. The first-order chi connectivity index (χ1) is 9.00. The van der Waals surface area contributed by atoms with Crippen molar-refractivity contribution in [3.05, 3.63) is 29.6 Å². The number of hydrogen-bond donors (Lipinski definition) is 2. The van der Waals surface area contributed by atoms with Gasteiger partial charge in [-0.05, 0) is 26.0 Å². The molecular formula is C13H20N4OS. The second-order valence-corrected chi connectivity index (χ2v) is 7.13. The number of carbonyl (C=O) groups excluding carboxylic acids is 1. The summed E-state index contributed by atoms with van der Waals surface area (Å²) in [5, 5.41) is 0. The van der Waals surface area contributed by atoms with E-state index in [0.29, 0.717) is 10.3 Å². The molecule has 2 rings (SSSR count). The number of rotatable bonds is 3. The molecule has 2 heterocycles. The van der Waals surface area contributed by atoms with Crippen molar-refractivity contribution < 1.29 is 4.79 Å². The van der Waals surface area contributed by atoms with Crippen molar-refractivity contribution in [3.8, 4) is 0 Å². The molecule has 1 fully saturated rings. The Labute approximate surface area is 117 Å². The van der Waals surface area contributed by atoms with Gasteiger partial charge >= 0.3 is 0 Å². The number of pyridine rings is 1. The summed E-state index contributed by atoms with van der Waals surface area (Å²) in [7, 11) is 0. The number of nitrogens with one attached hydrogen (secondary N) is 1. The third kappa shape index (κ3) is 3.92. The van der Waals surface area contributed by atoms with Crippen molar-refractivity contribution in [1.82, 2.24) is 15.3 Å². The highest BCUT2D eigenvalue weighted by Gasteiger charge is 2.26. The van der Waals surface area contributed by atoms with E-state index in [1.165, 1.54) is 0 Å². The predicted molar refractivity (Wildman–Crippen MR) is 77.7 cm³/mol. The van der Waals surface area contributed by atoms with Crippen LogP contribution in [0.25, 0.3) is 0 Å². The van der Waals surface area contributed by atoms with E-state index in [1.54, 1.807) is 12.3 Å². The van der Waals surface area contributed by atoms with Crippen molar-refractivity contribution >= 4 is 17.7 Å². The minimum Gasteiger partial charge on any atom is -0.295 e. The van der Waals surface area contributed by atoms with E-state index in [2.05, 4.69) is 29.2 Å². The van der Waals surface area contributed by atoms with Crippen LogP contribution in [0.2, 0.25) is 0 Å².